The highest BCUT2D eigenvalue weighted by atomic mass is 79.9. The fourth-order valence-corrected chi connectivity index (χ4v) is 3.41. The molecule has 0 aliphatic heterocycles. The molecule has 33 heavy (non-hydrogen) atoms. The molecule has 0 unspecified atom stereocenters. The van der Waals surface area contributed by atoms with Crippen molar-refractivity contribution in [3.05, 3.63) is 85.3 Å². The molecule has 0 aliphatic carbocycles. The maximum Gasteiger partial charge on any atom is 0.271 e. The minimum absolute atomic E-state index is 0.132. The second-order valence-corrected chi connectivity index (χ2v) is 7.84. The Morgan fingerprint density at radius 1 is 1.24 bits per heavy atom. The van der Waals surface area contributed by atoms with E-state index in [1.807, 2.05) is 0 Å². The van der Waals surface area contributed by atoms with E-state index < -0.39 is 17.2 Å². The van der Waals surface area contributed by atoms with Gasteiger partial charge in [-0.1, -0.05) is 0 Å². The number of hydrogen-bond donors (Lipinski definition) is 2. The summed E-state index contributed by atoms with van der Waals surface area (Å²) in [4.78, 5) is 35.4. The number of carbonyl (C=O) groups excluding carboxylic acids is 1. The van der Waals surface area contributed by atoms with Crippen molar-refractivity contribution < 1.29 is 23.0 Å². The van der Waals surface area contributed by atoms with E-state index in [1.54, 1.807) is 6.92 Å². The van der Waals surface area contributed by atoms with E-state index >= 15 is 0 Å². The summed E-state index contributed by atoms with van der Waals surface area (Å²) in [7, 11) is 1.53. The largest absolute Gasteiger partial charge is 0.487 e. The molecule has 2 N–H and O–H groups in total. The van der Waals surface area contributed by atoms with E-state index in [9.17, 15) is 18.4 Å². The van der Waals surface area contributed by atoms with Crippen molar-refractivity contribution in [1.29, 1.82) is 0 Å². The van der Waals surface area contributed by atoms with Gasteiger partial charge in [-0.3, -0.25) is 14.6 Å². The number of benzene rings is 1. The average Bonchev–Trinajstić information content (AvgIpc) is 2.78. The van der Waals surface area contributed by atoms with Gasteiger partial charge in [-0.2, -0.15) is 0 Å². The SMILES string of the molecule is COCCNC(=O)c1cnc(Cc2c(C)[nH]c(=O)c(Br)c2OCc2ccc(F)cc2F)cn1. The number of hydrogen-bond acceptors (Lipinski definition) is 6. The Hall–Kier alpha value is -3.18. The smallest absolute Gasteiger partial charge is 0.271 e. The molecule has 0 spiro atoms. The lowest BCUT2D eigenvalue weighted by Crippen LogP contribution is -2.27. The number of nitrogens with one attached hydrogen (secondary N) is 2. The standard InChI is InChI=1S/C22H21BrF2N4O4/c1-12-16(8-15-9-28-18(10-27-15)21(30)26-5-6-32-2)20(19(23)22(31)29-12)33-11-13-3-4-14(24)7-17(13)25/h3-4,7,9-10H,5-6,8,11H2,1-2H3,(H,26,30)(H,29,31). The van der Waals surface area contributed by atoms with E-state index in [0.29, 0.717) is 30.1 Å². The van der Waals surface area contributed by atoms with Crippen molar-refractivity contribution in [3.63, 3.8) is 0 Å². The van der Waals surface area contributed by atoms with Crippen LogP contribution < -0.4 is 15.6 Å². The van der Waals surface area contributed by atoms with Gasteiger partial charge in [0.05, 0.1) is 18.5 Å². The molecule has 0 fully saturated rings. The number of aromatic nitrogens is 3. The third-order valence-corrected chi connectivity index (χ3v) is 5.42. The van der Waals surface area contributed by atoms with E-state index in [1.165, 1.54) is 25.6 Å². The third-order valence-electron chi connectivity index (χ3n) is 4.70. The molecule has 2 heterocycles. The number of ether oxygens (including phenoxy) is 2. The number of nitrogens with zero attached hydrogens (tertiary/aromatic N) is 2. The van der Waals surface area contributed by atoms with Gasteiger partial charge >= 0.3 is 0 Å². The van der Waals surface area contributed by atoms with Gasteiger partial charge in [-0.05, 0) is 35.0 Å². The van der Waals surface area contributed by atoms with E-state index in [2.05, 4.69) is 36.2 Å². The number of halogens is 3. The van der Waals surface area contributed by atoms with Crippen LogP contribution in [0.4, 0.5) is 8.78 Å². The number of amides is 1. The molecule has 1 amide bonds. The predicted molar refractivity (Wildman–Crippen MR) is 119 cm³/mol. The van der Waals surface area contributed by atoms with Crippen LogP contribution in [0.3, 0.4) is 0 Å². The van der Waals surface area contributed by atoms with Gasteiger partial charge in [0.2, 0.25) is 0 Å². The quantitative estimate of drug-likeness (QED) is 0.418. The first-order valence-corrected chi connectivity index (χ1v) is 10.7. The number of methoxy groups -OCH3 is 1. The molecule has 1 aromatic carbocycles. The first-order valence-electron chi connectivity index (χ1n) is 9.86. The summed E-state index contributed by atoms with van der Waals surface area (Å²) in [5.41, 5.74) is 1.51. The minimum atomic E-state index is -0.750. The van der Waals surface area contributed by atoms with Crippen molar-refractivity contribution in [3.8, 4) is 5.75 Å². The second kappa shape index (κ2) is 11.1. The summed E-state index contributed by atoms with van der Waals surface area (Å²) in [5.74, 6) is -1.61. The van der Waals surface area contributed by atoms with Crippen molar-refractivity contribution in [2.24, 2.45) is 0 Å². The average molecular weight is 523 g/mol. The van der Waals surface area contributed by atoms with Crippen LogP contribution in [0.2, 0.25) is 0 Å². The summed E-state index contributed by atoms with van der Waals surface area (Å²) < 4.78 is 38.0. The Labute approximate surface area is 196 Å². The molecule has 3 rings (SSSR count). The first kappa shape index (κ1) is 24.5. The number of aromatic amines is 1. The summed E-state index contributed by atoms with van der Waals surface area (Å²) in [5, 5.41) is 2.65. The summed E-state index contributed by atoms with van der Waals surface area (Å²) >= 11 is 3.22. The van der Waals surface area contributed by atoms with Crippen molar-refractivity contribution in [2.75, 3.05) is 20.3 Å². The van der Waals surface area contributed by atoms with Crippen LogP contribution in [-0.4, -0.2) is 41.1 Å². The molecule has 11 heteroatoms. The Morgan fingerprint density at radius 2 is 2.03 bits per heavy atom. The summed E-state index contributed by atoms with van der Waals surface area (Å²) in [6, 6.07) is 3.17. The van der Waals surface area contributed by atoms with Gasteiger partial charge in [0.25, 0.3) is 11.5 Å². The van der Waals surface area contributed by atoms with E-state index in [0.717, 1.165) is 12.1 Å². The Morgan fingerprint density at radius 3 is 2.70 bits per heavy atom. The van der Waals surface area contributed by atoms with Crippen LogP contribution in [0.15, 0.2) is 39.9 Å². The first-order chi connectivity index (χ1) is 15.8. The zero-order valence-corrected chi connectivity index (χ0v) is 19.5. The molecule has 8 nitrogen and oxygen atoms in total. The van der Waals surface area contributed by atoms with Crippen molar-refractivity contribution in [2.45, 2.75) is 20.0 Å². The van der Waals surface area contributed by atoms with Crippen LogP contribution in [0, 0.1) is 18.6 Å². The number of aryl methyl sites for hydroxylation is 1. The lowest BCUT2D eigenvalue weighted by Gasteiger charge is -2.15. The van der Waals surface area contributed by atoms with E-state index in [4.69, 9.17) is 9.47 Å². The van der Waals surface area contributed by atoms with Crippen molar-refractivity contribution in [1.82, 2.24) is 20.3 Å². The fraction of sp³-hybridized carbons (Fsp3) is 0.273. The molecule has 0 saturated heterocycles. The molecule has 0 saturated carbocycles. The Bertz CT molecular complexity index is 1200. The monoisotopic (exact) mass is 522 g/mol. The maximum absolute atomic E-state index is 14.0. The second-order valence-electron chi connectivity index (χ2n) is 7.04. The normalized spacial score (nSPS) is 10.8. The molecule has 0 aliphatic rings. The molecule has 3 aromatic rings. The highest BCUT2D eigenvalue weighted by molar-refractivity contribution is 9.10. The van der Waals surface area contributed by atoms with Crippen LogP contribution in [0.5, 0.6) is 5.75 Å². The highest BCUT2D eigenvalue weighted by Gasteiger charge is 2.18. The number of carbonyl (C=O) groups is 1. The third kappa shape index (κ3) is 6.20. The van der Waals surface area contributed by atoms with Gasteiger partial charge in [0.1, 0.15) is 34.2 Å². The molecular formula is C22H21BrF2N4O4. The van der Waals surface area contributed by atoms with Crippen LogP contribution in [0.25, 0.3) is 0 Å². The molecule has 2 aromatic heterocycles. The van der Waals surface area contributed by atoms with Gasteiger partial charge in [0, 0.05) is 49.2 Å². The molecule has 0 bridgehead atoms. The molecule has 0 radical (unpaired) electrons. The van der Waals surface area contributed by atoms with Crippen molar-refractivity contribution >= 4 is 21.8 Å². The minimum Gasteiger partial charge on any atom is -0.487 e. The van der Waals surface area contributed by atoms with Crippen LogP contribution in [-0.2, 0) is 17.8 Å². The molecule has 174 valence electrons. The Kier molecular flexibility index (Phi) is 8.23. The molecule has 0 atom stereocenters. The Balaban J connectivity index is 1.82. The van der Waals surface area contributed by atoms with Gasteiger partial charge < -0.3 is 19.8 Å². The molecular weight excluding hydrogens is 502 g/mol. The van der Waals surface area contributed by atoms with E-state index in [-0.39, 0.29) is 40.4 Å². The maximum atomic E-state index is 14.0. The highest BCUT2D eigenvalue weighted by Crippen LogP contribution is 2.30. The lowest BCUT2D eigenvalue weighted by atomic mass is 10.1. The lowest BCUT2D eigenvalue weighted by molar-refractivity contribution is 0.0931. The zero-order chi connectivity index (χ0) is 24.0. The van der Waals surface area contributed by atoms with Crippen LogP contribution >= 0.6 is 15.9 Å². The summed E-state index contributed by atoms with van der Waals surface area (Å²) in [6.45, 7) is 2.20. The summed E-state index contributed by atoms with van der Waals surface area (Å²) in [6.07, 6.45) is 3.02. The predicted octanol–water partition coefficient (Wildman–Crippen LogP) is 3.06. The van der Waals surface area contributed by atoms with Gasteiger partial charge in [-0.25, -0.2) is 13.8 Å². The zero-order valence-electron chi connectivity index (χ0n) is 17.9. The fourth-order valence-electron chi connectivity index (χ4n) is 2.96. The van der Waals surface area contributed by atoms with Gasteiger partial charge in [0.15, 0.2) is 0 Å². The number of rotatable bonds is 9. The van der Waals surface area contributed by atoms with Crippen LogP contribution in [0.1, 0.15) is 33.0 Å². The van der Waals surface area contributed by atoms with Gasteiger partial charge in [-0.15, -0.1) is 0 Å². The topological polar surface area (TPSA) is 106 Å². The number of H-pyrrole nitrogens is 1. The number of pyridine rings is 1.